The first-order chi connectivity index (χ1) is 19.2. The maximum atomic E-state index is 12.4. The third-order valence-electron chi connectivity index (χ3n) is 7.03. The van der Waals surface area contributed by atoms with Gasteiger partial charge in [-0.15, -0.1) is 11.3 Å². The minimum Gasteiger partial charge on any atom is -0.489 e. The van der Waals surface area contributed by atoms with Gasteiger partial charge in [0.05, 0.1) is 35.3 Å². The highest BCUT2D eigenvalue weighted by atomic mass is 32.1. The van der Waals surface area contributed by atoms with Crippen molar-refractivity contribution in [1.29, 1.82) is 0 Å². The maximum Gasteiger partial charge on any atom is 0.259 e. The van der Waals surface area contributed by atoms with Crippen LogP contribution in [0.1, 0.15) is 35.5 Å². The summed E-state index contributed by atoms with van der Waals surface area (Å²) in [6, 6.07) is 8.33. The molecule has 1 saturated heterocycles. The van der Waals surface area contributed by atoms with Crippen LogP contribution in [0.15, 0.2) is 36.7 Å². The summed E-state index contributed by atoms with van der Waals surface area (Å²) in [6.45, 7) is 8.10. The van der Waals surface area contributed by atoms with Crippen molar-refractivity contribution in [3.63, 3.8) is 0 Å². The zero-order valence-corrected chi connectivity index (χ0v) is 24.5. The van der Waals surface area contributed by atoms with E-state index < -0.39 is 5.91 Å². The molecule has 0 aliphatic carbocycles. The first-order valence-electron chi connectivity index (χ1n) is 13.2. The number of hydrogen-bond acceptors (Lipinski definition) is 10. The molecule has 1 unspecified atom stereocenters. The summed E-state index contributed by atoms with van der Waals surface area (Å²) >= 11 is 1.25. The van der Waals surface area contributed by atoms with Gasteiger partial charge in [-0.25, -0.2) is 15.0 Å². The van der Waals surface area contributed by atoms with Crippen LogP contribution < -0.4 is 25.4 Å². The molecule has 0 radical (unpaired) electrons. The first-order valence-corrected chi connectivity index (χ1v) is 14.1. The van der Waals surface area contributed by atoms with Gasteiger partial charge in [0, 0.05) is 48.2 Å². The van der Waals surface area contributed by atoms with Crippen molar-refractivity contribution in [2.75, 3.05) is 44.5 Å². The van der Waals surface area contributed by atoms with Crippen LogP contribution >= 0.6 is 11.3 Å². The molecule has 1 fully saturated rings. The van der Waals surface area contributed by atoms with Gasteiger partial charge in [0.2, 0.25) is 11.8 Å². The maximum absolute atomic E-state index is 12.4. The van der Waals surface area contributed by atoms with Gasteiger partial charge in [-0.05, 0) is 65.0 Å². The number of anilines is 3. The molecular formula is C29H35N7O3S. The van der Waals surface area contributed by atoms with Crippen molar-refractivity contribution < 1.29 is 14.3 Å². The topological polar surface area (TPSA) is 119 Å². The second-order valence-corrected chi connectivity index (χ2v) is 11.5. The highest BCUT2D eigenvalue weighted by Crippen LogP contribution is 2.42. The molecule has 3 aromatic heterocycles. The van der Waals surface area contributed by atoms with Crippen LogP contribution in [0, 0.1) is 6.92 Å². The SMILES string of the molecule is COc1ncccc1-c1c(C(N)=O)sc2cnc(Nc3cc(C)c(N4CCC(N(C)C)C4)cc3OC(C)C)nc12. The number of amides is 1. The number of nitrogens with two attached hydrogens (primary N) is 1. The number of pyridine rings is 1. The Morgan fingerprint density at radius 1 is 1.27 bits per heavy atom. The van der Waals surface area contributed by atoms with Crippen molar-refractivity contribution in [1.82, 2.24) is 19.9 Å². The third-order valence-corrected chi connectivity index (χ3v) is 8.16. The van der Waals surface area contributed by atoms with E-state index in [0.29, 0.717) is 39.4 Å². The second-order valence-electron chi connectivity index (χ2n) is 10.4. The summed E-state index contributed by atoms with van der Waals surface area (Å²) in [5.41, 5.74) is 10.6. The molecule has 4 heterocycles. The molecule has 0 saturated carbocycles. The van der Waals surface area contributed by atoms with E-state index in [1.165, 1.54) is 18.4 Å². The number of aromatic nitrogens is 3. The number of nitrogens with zero attached hydrogens (tertiary/aromatic N) is 5. The number of benzene rings is 1. The number of methoxy groups -OCH3 is 1. The van der Waals surface area contributed by atoms with Gasteiger partial charge < -0.3 is 30.3 Å². The summed E-state index contributed by atoms with van der Waals surface area (Å²) in [7, 11) is 5.80. The number of rotatable bonds is 9. The minimum absolute atomic E-state index is 0.0211. The lowest BCUT2D eigenvalue weighted by Gasteiger charge is -2.25. The van der Waals surface area contributed by atoms with Gasteiger partial charge in [-0.1, -0.05) is 0 Å². The Bertz CT molecular complexity index is 1550. The number of carbonyl (C=O) groups is 1. The second kappa shape index (κ2) is 11.3. The Kier molecular flexibility index (Phi) is 7.77. The fourth-order valence-corrected chi connectivity index (χ4v) is 6.07. The zero-order chi connectivity index (χ0) is 28.6. The van der Waals surface area contributed by atoms with Gasteiger partial charge in [-0.3, -0.25) is 4.79 Å². The van der Waals surface area contributed by atoms with E-state index in [2.05, 4.69) is 58.2 Å². The number of ether oxygens (including phenoxy) is 2. The molecule has 1 atom stereocenters. The number of likely N-dealkylation sites (N-methyl/N-ethyl adjacent to an activating group) is 1. The van der Waals surface area contributed by atoms with Gasteiger partial charge in [0.25, 0.3) is 5.91 Å². The van der Waals surface area contributed by atoms with Crippen molar-refractivity contribution in [2.45, 2.75) is 39.3 Å². The number of aryl methyl sites for hydroxylation is 1. The highest BCUT2D eigenvalue weighted by molar-refractivity contribution is 7.21. The number of hydrogen-bond donors (Lipinski definition) is 2. The van der Waals surface area contributed by atoms with E-state index >= 15 is 0 Å². The van der Waals surface area contributed by atoms with Crippen LogP contribution in [-0.4, -0.2) is 72.2 Å². The first kappa shape index (κ1) is 27.6. The van der Waals surface area contributed by atoms with Crippen LogP contribution in [0.25, 0.3) is 21.3 Å². The summed E-state index contributed by atoms with van der Waals surface area (Å²) in [5.74, 6) is 0.940. The predicted molar refractivity (Wildman–Crippen MR) is 160 cm³/mol. The summed E-state index contributed by atoms with van der Waals surface area (Å²) in [5, 5.41) is 3.37. The fourth-order valence-electron chi connectivity index (χ4n) is 5.09. The zero-order valence-electron chi connectivity index (χ0n) is 23.7. The van der Waals surface area contributed by atoms with Crippen LogP contribution in [0.3, 0.4) is 0 Å². The number of primary amides is 1. The standard InChI is InChI=1S/C29H35N7O3S/c1-16(2)39-22-13-21(36-11-9-18(15-36)35(4)5)17(3)12-20(22)33-29-32-14-23-25(34-29)24(26(40-23)27(30)37)19-8-7-10-31-28(19)38-6/h7-8,10,12-14,16,18H,9,11,15H2,1-6H3,(H2,30,37)(H,32,33,34). The summed E-state index contributed by atoms with van der Waals surface area (Å²) in [4.78, 5) is 31.2. The fraction of sp³-hybridized carbons (Fsp3) is 0.379. The lowest BCUT2D eigenvalue weighted by Crippen LogP contribution is -2.31. The molecule has 3 N–H and O–H groups in total. The lowest BCUT2D eigenvalue weighted by molar-refractivity contribution is 0.100. The van der Waals surface area contributed by atoms with Crippen LogP contribution in [0.2, 0.25) is 0 Å². The molecule has 0 spiro atoms. The summed E-state index contributed by atoms with van der Waals surface area (Å²) in [6.07, 6.45) is 4.43. The van der Waals surface area contributed by atoms with Crippen molar-refractivity contribution in [3.8, 4) is 22.8 Å². The van der Waals surface area contributed by atoms with Crippen LogP contribution in [0.5, 0.6) is 11.6 Å². The molecule has 1 amide bonds. The molecule has 1 aliphatic heterocycles. The number of nitrogens with one attached hydrogen (secondary N) is 1. The quantitative estimate of drug-likeness (QED) is 0.296. The van der Waals surface area contributed by atoms with E-state index in [9.17, 15) is 4.79 Å². The van der Waals surface area contributed by atoms with E-state index in [1.807, 2.05) is 19.9 Å². The third kappa shape index (κ3) is 5.39. The van der Waals surface area contributed by atoms with E-state index in [4.69, 9.17) is 20.2 Å². The molecule has 210 valence electrons. The van der Waals surface area contributed by atoms with Gasteiger partial charge in [0.1, 0.15) is 10.6 Å². The summed E-state index contributed by atoms with van der Waals surface area (Å²) < 4.78 is 12.5. The average Bonchev–Trinajstić information content (AvgIpc) is 3.55. The monoisotopic (exact) mass is 561 g/mol. The Morgan fingerprint density at radius 3 is 2.75 bits per heavy atom. The van der Waals surface area contributed by atoms with Crippen LogP contribution in [-0.2, 0) is 0 Å². The largest absolute Gasteiger partial charge is 0.489 e. The lowest BCUT2D eigenvalue weighted by atomic mass is 10.1. The van der Waals surface area contributed by atoms with Crippen molar-refractivity contribution in [3.05, 3.63) is 47.1 Å². The molecule has 40 heavy (non-hydrogen) atoms. The smallest absolute Gasteiger partial charge is 0.259 e. The molecule has 1 aromatic carbocycles. The Morgan fingerprint density at radius 2 is 2.08 bits per heavy atom. The normalized spacial score (nSPS) is 15.3. The van der Waals surface area contributed by atoms with E-state index in [-0.39, 0.29) is 6.10 Å². The Hall–Kier alpha value is -3.96. The minimum atomic E-state index is -0.546. The molecule has 5 rings (SSSR count). The van der Waals surface area contributed by atoms with Crippen molar-refractivity contribution in [2.24, 2.45) is 5.73 Å². The molecular weight excluding hydrogens is 526 g/mol. The number of thiophene rings is 1. The number of carbonyl (C=O) groups excluding carboxylic acids is 1. The average molecular weight is 562 g/mol. The van der Waals surface area contributed by atoms with Crippen LogP contribution in [0.4, 0.5) is 17.3 Å². The predicted octanol–water partition coefficient (Wildman–Crippen LogP) is 4.84. The highest BCUT2D eigenvalue weighted by Gasteiger charge is 2.27. The van der Waals surface area contributed by atoms with Gasteiger partial charge >= 0.3 is 0 Å². The molecule has 1 aliphatic rings. The Balaban J connectivity index is 1.56. The van der Waals surface area contributed by atoms with Gasteiger partial charge in [0.15, 0.2) is 0 Å². The van der Waals surface area contributed by atoms with Crippen molar-refractivity contribution >= 4 is 44.8 Å². The van der Waals surface area contributed by atoms with Gasteiger partial charge in [-0.2, -0.15) is 0 Å². The molecule has 11 heteroatoms. The van der Waals surface area contributed by atoms with E-state index in [1.54, 1.807) is 18.5 Å². The molecule has 10 nitrogen and oxygen atoms in total. The Labute approximate surface area is 238 Å². The molecule has 0 bridgehead atoms. The van der Waals surface area contributed by atoms with E-state index in [0.717, 1.165) is 46.9 Å². The number of fused-ring (bicyclic) bond motifs is 1. The molecule has 4 aromatic rings.